The summed E-state index contributed by atoms with van der Waals surface area (Å²) < 4.78 is 9.63. The molecule has 0 aromatic rings. The summed E-state index contributed by atoms with van der Waals surface area (Å²) in [5.41, 5.74) is 0. The first-order chi connectivity index (χ1) is 4.26. The van der Waals surface area contributed by atoms with Crippen molar-refractivity contribution >= 4 is 0 Å². The molecule has 0 aromatic carbocycles. The van der Waals surface area contributed by atoms with Gasteiger partial charge >= 0.3 is 0 Å². The van der Waals surface area contributed by atoms with Gasteiger partial charge in [-0.3, -0.25) is 0 Å². The molecule has 0 aliphatic carbocycles. The Labute approximate surface area is 55.4 Å². The lowest BCUT2D eigenvalue weighted by Crippen LogP contribution is -2.24. The van der Waals surface area contributed by atoms with Crippen molar-refractivity contribution in [1.82, 2.24) is 0 Å². The van der Waals surface area contributed by atoms with Crippen molar-refractivity contribution in [2.45, 2.75) is 19.3 Å². The Morgan fingerprint density at radius 2 is 1.78 bits per heavy atom. The molecule has 52 valence electrons. The highest BCUT2D eigenvalue weighted by Gasteiger charge is 2.18. The molecule has 1 unspecified atom stereocenters. The van der Waals surface area contributed by atoms with Crippen LogP contribution in [-0.2, 0) is 9.47 Å². The van der Waals surface area contributed by atoms with Crippen LogP contribution in [0.25, 0.3) is 4.85 Å². The van der Waals surface area contributed by atoms with E-state index in [9.17, 15) is 0 Å². The molecule has 0 radical (unpaired) electrons. The molecular formula is C6H11NO2. The Bertz CT molecular complexity index is 104. The molecule has 0 fully saturated rings. The average molecular weight is 129 g/mol. The standard InChI is InChI=1S/C6H11NO2/c1-5(7-2)6(8-3)9-4/h5-6H,1,3-4H3. The third kappa shape index (κ3) is 2.45. The molecule has 0 aliphatic heterocycles. The number of hydrogen-bond donors (Lipinski definition) is 0. The monoisotopic (exact) mass is 129 g/mol. The maximum atomic E-state index is 6.61. The molecule has 1 atom stereocenters. The van der Waals surface area contributed by atoms with Gasteiger partial charge in [0.2, 0.25) is 6.29 Å². The molecule has 0 rings (SSSR count). The molecule has 0 N–H and O–H groups in total. The van der Waals surface area contributed by atoms with Gasteiger partial charge in [0.15, 0.2) is 0 Å². The van der Waals surface area contributed by atoms with Crippen molar-refractivity contribution in [3.05, 3.63) is 11.4 Å². The van der Waals surface area contributed by atoms with Gasteiger partial charge in [0.1, 0.15) is 0 Å². The van der Waals surface area contributed by atoms with E-state index in [2.05, 4.69) is 4.85 Å². The minimum atomic E-state index is -0.387. The van der Waals surface area contributed by atoms with E-state index in [0.29, 0.717) is 0 Å². The smallest absolute Gasteiger partial charge is 0.270 e. The van der Waals surface area contributed by atoms with Crippen LogP contribution in [-0.4, -0.2) is 26.6 Å². The molecule has 9 heavy (non-hydrogen) atoms. The molecule has 0 heterocycles. The van der Waals surface area contributed by atoms with Crippen LogP contribution in [0, 0.1) is 6.57 Å². The molecule has 0 aliphatic rings. The zero-order valence-electron chi connectivity index (χ0n) is 5.92. The van der Waals surface area contributed by atoms with Crippen molar-refractivity contribution in [3.63, 3.8) is 0 Å². The fourth-order valence-electron chi connectivity index (χ4n) is 0.551. The van der Waals surface area contributed by atoms with Gasteiger partial charge in [0, 0.05) is 21.1 Å². The van der Waals surface area contributed by atoms with E-state index in [-0.39, 0.29) is 12.3 Å². The average Bonchev–Trinajstić information content (AvgIpc) is 1.90. The zero-order chi connectivity index (χ0) is 7.28. The van der Waals surface area contributed by atoms with E-state index in [4.69, 9.17) is 16.0 Å². The van der Waals surface area contributed by atoms with Crippen molar-refractivity contribution in [2.75, 3.05) is 14.2 Å². The summed E-state index contributed by atoms with van der Waals surface area (Å²) in [6, 6.07) is -0.222. The Kier molecular flexibility index (Phi) is 4.02. The van der Waals surface area contributed by atoms with Gasteiger partial charge in [-0.2, -0.15) is 0 Å². The summed E-state index contributed by atoms with van der Waals surface area (Å²) in [6.45, 7) is 8.37. The molecule has 0 saturated carbocycles. The van der Waals surface area contributed by atoms with E-state index in [1.165, 1.54) is 14.2 Å². The lowest BCUT2D eigenvalue weighted by atomic mass is 10.3. The van der Waals surface area contributed by atoms with Gasteiger partial charge in [-0.05, 0) is 0 Å². The lowest BCUT2D eigenvalue weighted by molar-refractivity contribution is -0.106. The molecule has 0 bridgehead atoms. The van der Waals surface area contributed by atoms with Gasteiger partial charge in [0.25, 0.3) is 6.04 Å². The highest BCUT2D eigenvalue weighted by molar-refractivity contribution is 4.75. The second-order valence-corrected chi connectivity index (χ2v) is 1.71. The fourth-order valence-corrected chi connectivity index (χ4v) is 0.551. The third-order valence-corrected chi connectivity index (χ3v) is 1.06. The van der Waals surface area contributed by atoms with E-state index >= 15 is 0 Å². The summed E-state index contributed by atoms with van der Waals surface area (Å²) in [7, 11) is 3.05. The number of ether oxygens (including phenoxy) is 2. The van der Waals surface area contributed by atoms with E-state index in [1.54, 1.807) is 6.92 Å². The maximum absolute atomic E-state index is 6.61. The van der Waals surface area contributed by atoms with E-state index in [1.807, 2.05) is 0 Å². The molecule has 0 spiro atoms. The van der Waals surface area contributed by atoms with Gasteiger partial charge in [0.05, 0.1) is 0 Å². The minimum Gasteiger partial charge on any atom is -0.349 e. The number of nitrogens with zero attached hydrogens (tertiary/aromatic N) is 1. The molecule has 0 amide bonds. The summed E-state index contributed by atoms with van der Waals surface area (Å²) in [4.78, 5) is 3.23. The van der Waals surface area contributed by atoms with Crippen molar-refractivity contribution in [3.8, 4) is 0 Å². The first-order valence-electron chi connectivity index (χ1n) is 2.68. The summed E-state index contributed by atoms with van der Waals surface area (Å²) in [6.07, 6.45) is -0.387. The van der Waals surface area contributed by atoms with E-state index in [0.717, 1.165) is 0 Å². The predicted octanol–water partition coefficient (Wildman–Crippen LogP) is 0.913. The van der Waals surface area contributed by atoms with Crippen LogP contribution in [0.4, 0.5) is 0 Å². The summed E-state index contributed by atoms with van der Waals surface area (Å²) in [5.74, 6) is 0. The Morgan fingerprint density at radius 1 is 1.33 bits per heavy atom. The molecule has 0 saturated heterocycles. The van der Waals surface area contributed by atoms with Crippen molar-refractivity contribution in [1.29, 1.82) is 0 Å². The SMILES string of the molecule is [C-]#[N+]C(C)C(OC)OC. The third-order valence-electron chi connectivity index (χ3n) is 1.06. The van der Waals surface area contributed by atoms with Crippen LogP contribution in [0.1, 0.15) is 6.92 Å². The van der Waals surface area contributed by atoms with Crippen LogP contribution in [0.3, 0.4) is 0 Å². The van der Waals surface area contributed by atoms with Crippen LogP contribution in [0.2, 0.25) is 0 Å². The van der Waals surface area contributed by atoms with Crippen LogP contribution in [0.5, 0.6) is 0 Å². The predicted molar refractivity (Wildman–Crippen MR) is 33.9 cm³/mol. The highest BCUT2D eigenvalue weighted by Crippen LogP contribution is 2.01. The maximum Gasteiger partial charge on any atom is 0.270 e. The Hall–Kier alpha value is -0.590. The first kappa shape index (κ1) is 8.41. The minimum absolute atomic E-state index is 0.222. The van der Waals surface area contributed by atoms with Gasteiger partial charge in [-0.15, -0.1) is 0 Å². The number of hydrogen-bond acceptors (Lipinski definition) is 2. The van der Waals surface area contributed by atoms with Crippen LogP contribution >= 0.6 is 0 Å². The van der Waals surface area contributed by atoms with Gasteiger partial charge < -0.3 is 14.3 Å². The molecular weight excluding hydrogens is 118 g/mol. The Balaban J connectivity index is 3.67. The van der Waals surface area contributed by atoms with Crippen molar-refractivity contribution < 1.29 is 9.47 Å². The molecule has 3 heteroatoms. The zero-order valence-corrected chi connectivity index (χ0v) is 5.92. The Morgan fingerprint density at radius 3 is 1.89 bits per heavy atom. The number of methoxy groups -OCH3 is 2. The van der Waals surface area contributed by atoms with Crippen LogP contribution in [0.15, 0.2) is 0 Å². The largest absolute Gasteiger partial charge is 0.349 e. The topological polar surface area (TPSA) is 22.8 Å². The van der Waals surface area contributed by atoms with Gasteiger partial charge in [-0.1, -0.05) is 0 Å². The molecule has 0 aromatic heterocycles. The van der Waals surface area contributed by atoms with Crippen molar-refractivity contribution in [2.24, 2.45) is 0 Å². The summed E-state index contributed by atoms with van der Waals surface area (Å²) >= 11 is 0. The fraction of sp³-hybridized carbons (Fsp3) is 0.833. The van der Waals surface area contributed by atoms with Crippen LogP contribution < -0.4 is 0 Å². The normalized spacial score (nSPS) is 13.2. The highest BCUT2D eigenvalue weighted by atomic mass is 16.7. The quantitative estimate of drug-likeness (QED) is 0.417. The van der Waals surface area contributed by atoms with Gasteiger partial charge in [-0.25, -0.2) is 6.57 Å². The molecule has 3 nitrogen and oxygen atoms in total. The number of rotatable bonds is 3. The lowest BCUT2D eigenvalue weighted by Gasteiger charge is -2.10. The second-order valence-electron chi connectivity index (χ2n) is 1.71. The second kappa shape index (κ2) is 4.30. The van der Waals surface area contributed by atoms with E-state index < -0.39 is 0 Å². The summed E-state index contributed by atoms with van der Waals surface area (Å²) in [5, 5.41) is 0. The first-order valence-corrected chi connectivity index (χ1v) is 2.68.